The molecular weight excluding hydrogens is 367 g/mol. The highest BCUT2D eigenvalue weighted by molar-refractivity contribution is 6.33. The molecule has 4 nitrogen and oxygen atoms in total. The third-order valence-electron chi connectivity index (χ3n) is 4.72. The molecule has 0 aliphatic carbocycles. The molecule has 0 atom stereocenters. The van der Waals surface area contributed by atoms with Crippen LogP contribution in [0.3, 0.4) is 0 Å². The number of rotatable bonds is 7. The molecule has 0 unspecified atom stereocenters. The Hall–Kier alpha value is -1.95. The fraction of sp³-hybridized carbons (Fsp3) is 0.381. The first-order chi connectivity index (χ1) is 13.1. The fourth-order valence-electron chi connectivity index (χ4n) is 3.20. The number of hydrogen-bond acceptors (Lipinski definition) is 3. The van der Waals surface area contributed by atoms with Gasteiger partial charge in [-0.2, -0.15) is 0 Å². The topological polar surface area (TPSA) is 32.8 Å². The maximum absolute atomic E-state index is 14.1. The number of carbonyl (C=O) groups is 1. The third-order valence-corrected chi connectivity index (χ3v) is 5.05. The Kier molecular flexibility index (Phi) is 7.21. The summed E-state index contributed by atoms with van der Waals surface area (Å²) in [6, 6.07) is 13.5. The van der Waals surface area contributed by atoms with Crippen molar-refractivity contribution in [2.75, 3.05) is 39.4 Å². The molecule has 0 spiro atoms. The molecule has 1 fully saturated rings. The van der Waals surface area contributed by atoms with Gasteiger partial charge in [0.05, 0.1) is 23.8 Å². The van der Waals surface area contributed by atoms with Gasteiger partial charge in [0.15, 0.2) is 0 Å². The summed E-state index contributed by atoms with van der Waals surface area (Å²) in [5, 5.41) is 0.411. The lowest BCUT2D eigenvalue weighted by molar-refractivity contribution is 0.0355. The van der Waals surface area contributed by atoms with Crippen molar-refractivity contribution >= 4 is 17.5 Å². The van der Waals surface area contributed by atoms with E-state index in [1.54, 1.807) is 47.4 Å². The van der Waals surface area contributed by atoms with Gasteiger partial charge in [0.25, 0.3) is 5.91 Å². The van der Waals surface area contributed by atoms with E-state index in [1.165, 1.54) is 6.07 Å². The summed E-state index contributed by atoms with van der Waals surface area (Å²) >= 11 is 6.21. The molecule has 0 aromatic heterocycles. The second-order valence-electron chi connectivity index (χ2n) is 6.61. The maximum Gasteiger partial charge on any atom is 0.255 e. The molecule has 0 bridgehead atoms. The molecule has 1 amide bonds. The predicted octanol–water partition coefficient (Wildman–Crippen LogP) is 3.84. The van der Waals surface area contributed by atoms with Crippen molar-refractivity contribution in [2.45, 2.75) is 13.0 Å². The van der Waals surface area contributed by atoms with Crippen molar-refractivity contribution in [3.63, 3.8) is 0 Å². The zero-order valence-corrected chi connectivity index (χ0v) is 16.0. The van der Waals surface area contributed by atoms with Gasteiger partial charge >= 0.3 is 0 Å². The highest BCUT2D eigenvalue weighted by atomic mass is 35.5. The number of ether oxygens (including phenoxy) is 1. The first-order valence-corrected chi connectivity index (χ1v) is 9.60. The fourth-order valence-corrected chi connectivity index (χ4v) is 3.42. The number of amides is 1. The quantitative estimate of drug-likeness (QED) is 0.720. The number of carbonyl (C=O) groups excluding carboxylic acids is 1. The Bertz CT molecular complexity index is 765. The van der Waals surface area contributed by atoms with Crippen LogP contribution >= 0.6 is 11.6 Å². The van der Waals surface area contributed by atoms with Crippen LogP contribution in [0.25, 0.3) is 0 Å². The maximum atomic E-state index is 14.1. The van der Waals surface area contributed by atoms with E-state index < -0.39 is 0 Å². The zero-order chi connectivity index (χ0) is 19.1. The van der Waals surface area contributed by atoms with Gasteiger partial charge in [-0.15, -0.1) is 0 Å². The summed E-state index contributed by atoms with van der Waals surface area (Å²) < 4.78 is 19.5. The van der Waals surface area contributed by atoms with Crippen LogP contribution in [-0.4, -0.2) is 55.1 Å². The van der Waals surface area contributed by atoms with Crippen molar-refractivity contribution in [3.8, 4) is 0 Å². The van der Waals surface area contributed by atoms with Crippen LogP contribution in [0, 0.1) is 5.82 Å². The molecule has 2 aromatic rings. The monoisotopic (exact) mass is 390 g/mol. The van der Waals surface area contributed by atoms with E-state index in [0.29, 0.717) is 22.7 Å². The van der Waals surface area contributed by atoms with Crippen LogP contribution in [0.15, 0.2) is 48.5 Å². The largest absolute Gasteiger partial charge is 0.379 e. The number of hydrogen-bond donors (Lipinski definition) is 0. The summed E-state index contributed by atoms with van der Waals surface area (Å²) in [7, 11) is 0. The molecule has 0 radical (unpaired) electrons. The molecule has 3 rings (SSSR count). The molecule has 6 heteroatoms. The number of nitrogens with zero attached hydrogens (tertiary/aromatic N) is 2. The van der Waals surface area contributed by atoms with E-state index in [-0.39, 0.29) is 18.3 Å². The first-order valence-electron chi connectivity index (χ1n) is 9.22. The molecule has 27 heavy (non-hydrogen) atoms. The predicted molar refractivity (Wildman–Crippen MR) is 104 cm³/mol. The molecule has 2 aromatic carbocycles. The summed E-state index contributed by atoms with van der Waals surface area (Å²) in [6.07, 6.45) is 0.810. The summed E-state index contributed by atoms with van der Waals surface area (Å²) in [5.74, 6) is -0.478. The van der Waals surface area contributed by atoms with E-state index in [9.17, 15) is 9.18 Å². The van der Waals surface area contributed by atoms with Gasteiger partial charge in [0, 0.05) is 38.3 Å². The van der Waals surface area contributed by atoms with Crippen molar-refractivity contribution in [1.82, 2.24) is 9.80 Å². The summed E-state index contributed by atoms with van der Waals surface area (Å²) in [5.41, 5.74) is 0.950. The van der Waals surface area contributed by atoms with E-state index in [4.69, 9.17) is 16.3 Å². The van der Waals surface area contributed by atoms with E-state index >= 15 is 0 Å². The van der Waals surface area contributed by atoms with E-state index in [1.807, 2.05) is 0 Å². The standard InChI is InChI=1S/C21H24ClFN2O2/c22-19-8-3-2-7-18(19)21(26)25(16-17-6-1-4-9-20(17)23)11-5-10-24-12-14-27-15-13-24/h1-4,6-9H,5,10-16H2. The minimum absolute atomic E-state index is 0.175. The lowest BCUT2D eigenvalue weighted by atomic mass is 10.1. The van der Waals surface area contributed by atoms with Crippen LogP contribution < -0.4 is 0 Å². The lowest BCUT2D eigenvalue weighted by Crippen LogP contribution is -2.39. The molecule has 1 aliphatic heterocycles. The molecule has 0 saturated carbocycles. The highest BCUT2D eigenvalue weighted by Gasteiger charge is 2.20. The summed E-state index contributed by atoms with van der Waals surface area (Å²) in [6.45, 7) is 4.95. The first kappa shape index (κ1) is 19.8. The van der Waals surface area contributed by atoms with Crippen LogP contribution in [-0.2, 0) is 11.3 Å². The Labute approximate surface area is 164 Å². The zero-order valence-electron chi connectivity index (χ0n) is 15.2. The van der Waals surface area contributed by atoms with Crippen LogP contribution in [0.1, 0.15) is 22.3 Å². The van der Waals surface area contributed by atoms with Gasteiger partial charge < -0.3 is 9.64 Å². The minimum Gasteiger partial charge on any atom is -0.379 e. The molecule has 1 aliphatic rings. The van der Waals surface area contributed by atoms with Gasteiger partial charge in [-0.05, 0) is 24.6 Å². The average Bonchev–Trinajstić information content (AvgIpc) is 2.69. The number of halogens is 2. The lowest BCUT2D eigenvalue weighted by Gasteiger charge is -2.28. The smallest absolute Gasteiger partial charge is 0.255 e. The Balaban J connectivity index is 1.70. The van der Waals surface area contributed by atoms with Gasteiger partial charge in [-0.3, -0.25) is 9.69 Å². The van der Waals surface area contributed by atoms with Crippen molar-refractivity contribution < 1.29 is 13.9 Å². The van der Waals surface area contributed by atoms with Crippen LogP contribution in [0.4, 0.5) is 4.39 Å². The molecule has 144 valence electrons. The third kappa shape index (κ3) is 5.51. The molecular formula is C21H24ClFN2O2. The molecule has 1 heterocycles. The van der Waals surface area contributed by atoms with Crippen molar-refractivity contribution in [3.05, 3.63) is 70.5 Å². The second-order valence-corrected chi connectivity index (χ2v) is 7.01. The van der Waals surface area contributed by atoms with E-state index in [2.05, 4.69) is 4.90 Å². The molecule has 0 N–H and O–H groups in total. The van der Waals surface area contributed by atoms with Gasteiger partial charge in [0.1, 0.15) is 5.82 Å². The van der Waals surface area contributed by atoms with Gasteiger partial charge in [0.2, 0.25) is 0 Å². The number of benzene rings is 2. The normalized spacial score (nSPS) is 14.9. The summed E-state index contributed by atoms with van der Waals surface area (Å²) in [4.78, 5) is 17.1. The number of morpholine rings is 1. The van der Waals surface area contributed by atoms with Crippen molar-refractivity contribution in [2.24, 2.45) is 0 Å². The molecule has 1 saturated heterocycles. The Morgan fingerprint density at radius 1 is 1.11 bits per heavy atom. The van der Waals surface area contributed by atoms with Crippen LogP contribution in [0.5, 0.6) is 0 Å². The Morgan fingerprint density at radius 2 is 1.81 bits per heavy atom. The van der Waals surface area contributed by atoms with Crippen LogP contribution in [0.2, 0.25) is 5.02 Å². The van der Waals surface area contributed by atoms with Gasteiger partial charge in [-0.25, -0.2) is 4.39 Å². The van der Waals surface area contributed by atoms with Crippen molar-refractivity contribution in [1.29, 1.82) is 0 Å². The minimum atomic E-state index is -0.303. The van der Waals surface area contributed by atoms with Gasteiger partial charge in [-0.1, -0.05) is 41.9 Å². The second kappa shape index (κ2) is 9.83. The van der Waals surface area contributed by atoms with E-state index in [0.717, 1.165) is 39.3 Å². The SMILES string of the molecule is O=C(c1ccccc1Cl)N(CCCN1CCOCC1)Cc1ccccc1F. The Morgan fingerprint density at radius 3 is 2.56 bits per heavy atom. The highest BCUT2D eigenvalue weighted by Crippen LogP contribution is 2.19. The average molecular weight is 391 g/mol.